The van der Waals surface area contributed by atoms with Gasteiger partial charge in [0.2, 0.25) is 0 Å². The number of halogens is 1. The Morgan fingerprint density at radius 1 is 1.32 bits per heavy atom. The molecule has 0 fully saturated rings. The van der Waals surface area contributed by atoms with Crippen molar-refractivity contribution >= 4 is 38.6 Å². The van der Waals surface area contributed by atoms with Crippen LogP contribution in [0.25, 0.3) is 11.8 Å². The predicted molar refractivity (Wildman–Crippen MR) is 106 cm³/mol. The molecule has 25 heavy (non-hydrogen) atoms. The summed E-state index contributed by atoms with van der Waals surface area (Å²) >= 11 is 5.86. The number of hydrogen-bond acceptors (Lipinski definition) is 3. The predicted octanol–water partition coefficient (Wildman–Crippen LogP) is 4.95. The van der Waals surface area contributed by atoms with Crippen LogP contribution in [0.2, 0.25) is 0 Å². The van der Waals surface area contributed by atoms with Gasteiger partial charge in [-0.25, -0.2) is 17.4 Å². The quantitative estimate of drug-likeness (QED) is 0.670. The van der Waals surface area contributed by atoms with E-state index >= 15 is 0 Å². The summed E-state index contributed by atoms with van der Waals surface area (Å²) in [6, 6.07) is 8.34. The third-order valence-electron chi connectivity index (χ3n) is 3.70. The third kappa shape index (κ3) is 3.94. The van der Waals surface area contributed by atoms with Crippen LogP contribution in [-0.2, 0) is 16.4 Å². The number of allylic oxidation sites excluding steroid dienone is 1. The summed E-state index contributed by atoms with van der Waals surface area (Å²) in [4.78, 5) is 4.41. The Hall–Kier alpha value is -2.11. The van der Waals surface area contributed by atoms with Gasteiger partial charge >= 0.3 is 0 Å². The zero-order chi connectivity index (χ0) is 18.6. The largest absolute Gasteiger partial charge is 0.268 e. The lowest BCUT2D eigenvalue weighted by atomic mass is 10.1. The van der Waals surface area contributed by atoms with Gasteiger partial charge in [0.1, 0.15) is 5.17 Å². The fraction of sp³-hybridized carbons (Fsp3) is 0.211. The van der Waals surface area contributed by atoms with Crippen molar-refractivity contribution in [3.63, 3.8) is 0 Å². The maximum atomic E-state index is 13.1. The minimum Gasteiger partial charge on any atom is -0.241 e. The van der Waals surface area contributed by atoms with Crippen molar-refractivity contribution in [1.29, 1.82) is 0 Å². The number of rotatable bonds is 6. The smallest absolute Gasteiger partial charge is 0.241 e. The van der Waals surface area contributed by atoms with Crippen LogP contribution in [0.4, 0.5) is 0 Å². The zero-order valence-corrected chi connectivity index (χ0v) is 16.1. The van der Waals surface area contributed by atoms with Crippen molar-refractivity contribution in [2.45, 2.75) is 32.1 Å². The number of nitrogens with zero attached hydrogens (tertiary/aromatic N) is 2. The van der Waals surface area contributed by atoms with Crippen LogP contribution >= 0.6 is 11.6 Å². The van der Waals surface area contributed by atoms with Gasteiger partial charge in [-0.2, -0.15) is 0 Å². The summed E-state index contributed by atoms with van der Waals surface area (Å²) in [5, 5.41) is 0.346. The standard InChI is InChI=1S/C19H21ClN2O2S/c1-5-10-19-17(6-2)18(14(3)21-15(4)20)13-22(19)25(23,24)16-11-8-7-9-12-16/h5,7-13H,3,6H2,1-2,4H3/b10-5-,21-15?. The molecule has 0 aliphatic carbocycles. The summed E-state index contributed by atoms with van der Waals surface area (Å²) in [6.45, 7) is 9.41. The Labute approximate surface area is 154 Å². The van der Waals surface area contributed by atoms with Gasteiger partial charge in [0, 0.05) is 11.8 Å². The minimum atomic E-state index is -3.72. The minimum absolute atomic E-state index is 0.229. The monoisotopic (exact) mass is 376 g/mol. The topological polar surface area (TPSA) is 51.4 Å². The van der Waals surface area contributed by atoms with Crippen molar-refractivity contribution < 1.29 is 8.42 Å². The second-order valence-electron chi connectivity index (χ2n) is 5.43. The molecule has 0 N–H and O–H groups in total. The van der Waals surface area contributed by atoms with E-state index in [1.165, 1.54) is 3.97 Å². The van der Waals surface area contributed by atoms with Gasteiger partial charge in [0.15, 0.2) is 0 Å². The van der Waals surface area contributed by atoms with E-state index in [0.29, 0.717) is 28.5 Å². The summed E-state index contributed by atoms with van der Waals surface area (Å²) < 4.78 is 27.5. The van der Waals surface area contributed by atoms with Crippen LogP contribution in [0, 0.1) is 0 Å². The molecular formula is C19H21ClN2O2S. The number of benzene rings is 1. The summed E-state index contributed by atoms with van der Waals surface area (Å²) in [5.74, 6) is 0. The van der Waals surface area contributed by atoms with Gasteiger partial charge in [0.25, 0.3) is 10.0 Å². The Balaban J connectivity index is 2.76. The highest BCUT2D eigenvalue weighted by Crippen LogP contribution is 2.30. The molecule has 2 rings (SSSR count). The molecule has 0 bridgehead atoms. The highest BCUT2D eigenvalue weighted by molar-refractivity contribution is 7.90. The normalized spacial score (nSPS) is 12.7. The molecular weight excluding hydrogens is 356 g/mol. The number of aromatic nitrogens is 1. The first kappa shape index (κ1) is 19.2. The second kappa shape index (κ2) is 7.85. The lowest BCUT2D eigenvalue weighted by molar-refractivity contribution is 0.587. The molecule has 6 heteroatoms. The Morgan fingerprint density at radius 3 is 2.48 bits per heavy atom. The molecule has 1 heterocycles. The Kier molecular flexibility index (Phi) is 6.03. The van der Waals surface area contributed by atoms with Crippen molar-refractivity contribution in [2.75, 3.05) is 0 Å². The lowest BCUT2D eigenvalue weighted by Crippen LogP contribution is -2.13. The first-order valence-electron chi connectivity index (χ1n) is 7.90. The number of aliphatic imine (C=N–C) groups is 1. The van der Waals surface area contributed by atoms with E-state index in [4.69, 9.17) is 11.6 Å². The fourth-order valence-electron chi connectivity index (χ4n) is 2.64. The maximum Gasteiger partial charge on any atom is 0.268 e. The van der Waals surface area contributed by atoms with Gasteiger partial charge in [-0.15, -0.1) is 0 Å². The van der Waals surface area contributed by atoms with E-state index < -0.39 is 10.0 Å². The van der Waals surface area contributed by atoms with Gasteiger partial charge in [0.05, 0.1) is 16.3 Å². The van der Waals surface area contributed by atoms with Gasteiger partial charge < -0.3 is 0 Å². The average Bonchev–Trinajstić information content (AvgIpc) is 2.94. The molecule has 0 amide bonds. The van der Waals surface area contributed by atoms with Crippen molar-refractivity contribution in [3.05, 3.63) is 66.0 Å². The zero-order valence-electron chi connectivity index (χ0n) is 14.5. The van der Waals surface area contributed by atoms with Crippen LogP contribution in [-0.4, -0.2) is 17.6 Å². The number of hydrogen-bond donors (Lipinski definition) is 0. The van der Waals surface area contributed by atoms with Crippen LogP contribution in [0.5, 0.6) is 0 Å². The van der Waals surface area contributed by atoms with Crippen molar-refractivity contribution in [2.24, 2.45) is 4.99 Å². The van der Waals surface area contributed by atoms with Crippen LogP contribution in [0.1, 0.15) is 37.6 Å². The molecule has 0 unspecified atom stereocenters. The third-order valence-corrected chi connectivity index (χ3v) is 5.47. The van der Waals surface area contributed by atoms with Crippen molar-refractivity contribution in [1.82, 2.24) is 3.97 Å². The first-order chi connectivity index (χ1) is 11.8. The average molecular weight is 377 g/mol. The van der Waals surface area contributed by atoms with E-state index in [1.54, 1.807) is 49.5 Å². The second-order valence-corrected chi connectivity index (χ2v) is 7.79. The lowest BCUT2D eigenvalue weighted by Gasteiger charge is -2.09. The molecule has 0 spiro atoms. The first-order valence-corrected chi connectivity index (χ1v) is 9.72. The summed E-state index contributed by atoms with van der Waals surface area (Å²) in [5.41, 5.74) is 2.59. The van der Waals surface area contributed by atoms with E-state index in [-0.39, 0.29) is 4.90 Å². The van der Waals surface area contributed by atoms with E-state index in [2.05, 4.69) is 11.6 Å². The van der Waals surface area contributed by atoms with E-state index in [0.717, 1.165) is 5.56 Å². The van der Waals surface area contributed by atoms with Gasteiger partial charge in [-0.1, -0.05) is 49.4 Å². The highest BCUT2D eigenvalue weighted by Gasteiger charge is 2.24. The van der Waals surface area contributed by atoms with E-state index in [1.807, 2.05) is 19.9 Å². The van der Waals surface area contributed by atoms with Crippen LogP contribution in [0.15, 0.2) is 59.1 Å². The molecule has 0 saturated heterocycles. The molecule has 2 aromatic rings. The molecule has 0 aliphatic heterocycles. The van der Waals surface area contributed by atoms with Crippen LogP contribution < -0.4 is 0 Å². The molecule has 1 aromatic carbocycles. The Bertz CT molecular complexity index is 935. The van der Waals surface area contributed by atoms with Gasteiger partial charge in [-0.05, 0) is 44.0 Å². The summed E-state index contributed by atoms with van der Waals surface area (Å²) in [6.07, 6.45) is 5.81. The highest BCUT2D eigenvalue weighted by atomic mass is 35.5. The fourth-order valence-corrected chi connectivity index (χ4v) is 4.14. The van der Waals surface area contributed by atoms with Crippen LogP contribution in [0.3, 0.4) is 0 Å². The summed E-state index contributed by atoms with van der Waals surface area (Å²) in [7, 11) is -3.72. The molecule has 0 aliphatic rings. The van der Waals surface area contributed by atoms with Crippen molar-refractivity contribution in [3.8, 4) is 0 Å². The maximum absolute atomic E-state index is 13.1. The molecule has 0 radical (unpaired) electrons. The molecule has 0 saturated carbocycles. The molecule has 4 nitrogen and oxygen atoms in total. The molecule has 132 valence electrons. The molecule has 0 atom stereocenters. The van der Waals surface area contributed by atoms with Gasteiger partial charge in [-0.3, -0.25) is 0 Å². The SMILES string of the molecule is C=C(N=C(C)Cl)c1cn(S(=O)(=O)c2ccccc2)c(/C=C\C)c1CC. The molecule has 1 aromatic heterocycles. The van der Waals surface area contributed by atoms with E-state index in [9.17, 15) is 8.42 Å². The Morgan fingerprint density at radius 2 is 1.96 bits per heavy atom.